The molecule has 0 aliphatic carbocycles. The largest absolute Gasteiger partial charge is 0.444 e. The highest BCUT2D eigenvalue weighted by molar-refractivity contribution is 7.92. The van der Waals surface area contributed by atoms with Crippen LogP contribution in [-0.4, -0.2) is 39.5 Å². The van der Waals surface area contributed by atoms with Crippen LogP contribution in [0.3, 0.4) is 0 Å². The summed E-state index contributed by atoms with van der Waals surface area (Å²) in [6.45, 7) is 5.19. The Morgan fingerprint density at radius 1 is 1.36 bits per heavy atom. The number of hydrogen-bond donors (Lipinski definition) is 1. The van der Waals surface area contributed by atoms with E-state index in [4.69, 9.17) is 4.74 Å². The predicted molar refractivity (Wildman–Crippen MR) is 82.8 cm³/mol. The topological polar surface area (TPSA) is 75.7 Å². The summed E-state index contributed by atoms with van der Waals surface area (Å²) in [6, 6.07) is 5.25. The highest BCUT2D eigenvalue weighted by atomic mass is 32.2. The van der Waals surface area contributed by atoms with Gasteiger partial charge in [-0.2, -0.15) is 0 Å². The molecule has 0 saturated carbocycles. The van der Waals surface area contributed by atoms with Crippen LogP contribution < -0.4 is 9.62 Å². The van der Waals surface area contributed by atoms with E-state index >= 15 is 0 Å². The molecule has 0 spiro atoms. The number of rotatable bonds is 5. The summed E-state index contributed by atoms with van der Waals surface area (Å²) >= 11 is 0. The molecule has 0 heterocycles. The molecule has 1 rings (SSSR count). The second-order valence-electron chi connectivity index (χ2n) is 5.74. The standard InChI is InChI=1S/C14H21FN2O4S/c1-14(2,3)21-13(18)16-8-9-17(22(4,19)20)12-7-5-6-11(15)10-12/h5-7,10H,8-9H2,1-4H3,(H,16,18). The number of halogens is 1. The number of amides is 1. The Labute approximate surface area is 130 Å². The zero-order chi connectivity index (χ0) is 17.0. The summed E-state index contributed by atoms with van der Waals surface area (Å²) < 4.78 is 42.9. The number of benzene rings is 1. The summed E-state index contributed by atoms with van der Waals surface area (Å²) in [5.74, 6) is -0.536. The number of alkyl carbamates (subject to hydrolysis) is 1. The van der Waals surface area contributed by atoms with Crippen molar-refractivity contribution in [2.24, 2.45) is 0 Å². The molecule has 0 bridgehead atoms. The lowest BCUT2D eigenvalue weighted by molar-refractivity contribution is 0.0529. The Hall–Kier alpha value is -1.83. The van der Waals surface area contributed by atoms with Crippen LogP contribution in [0.5, 0.6) is 0 Å². The molecule has 1 amide bonds. The SMILES string of the molecule is CC(C)(C)OC(=O)NCCN(c1cccc(F)c1)S(C)(=O)=O. The maximum Gasteiger partial charge on any atom is 0.407 e. The summed E-state index contributed by atoms with van der Waals surface area (Å²) in [6.07, 6.45) is 0.381. The summed E-state index contributed by atoms with van der Waals surface area (Å²) in [5, 5.41) is 2.47. The van der Waals surface area contributed by atoms with E-state index in [9.17, 15) is 17.6 Å². The van der Waals surface area contributed by atoms with Gasteiger partial charge >= 0.3 is 6.09 Å². The van der Waals surface area contributed by atoms with Crippen LogP contribution in [0, 0.1) is 5.82 Å². The van der Waals surface area contributed by atoms with E-state index < -0.39 is 27.5 Å². The second-order valence-corrected chi connectivity index (χ2v) is 7.65. The van der Waals surface area contributed by atoms with Crippen LogP contribution in [0.25, 0.3) is 0 Å². The van der Waals surface area contributed by atoms with Gasteiger partial charge in [-0.1, -0.05) is 6.07 Å². The molecule has 1 aromatic carbocycles. The number of nitrogens with one attached hydrogen (secondary N) is 1. The minimum absolute atomic E-state index is 0.0263. The maximum atomic E-state index is 13.2. The Morgan fingerprint density at radius 3 is 2.50 bits per heavy atom. The molecule has 1 N–H and O–H groups in total. The van der Waals surface area contributed by atoms with E-state index in [0.717, 1.165) is 16.6 Å². The molecular formula is C14H21FN2O4S. The van der Waals surface area contributed by atoms with Gasteiger partial charge in [-0.25, -0.2) is 17.6 Å². The van der Waals surface area contributed by atoms with Gasteiger partial charge in [-0.3, -0.25) is 4.31 Å². The minimum Gasteiger partial charge on any atom is -0.444 e. The van der Waals surface area contributed by atoms with Gasteiger partial charge in [0.25, 0.3) is 0 Å². The Bertz CT molecular complexity index is 626. The van der Waals surface area contributed by atoms with E-state index in [1.54, 1.807) is 20.8 Å². The number of ether oxygens (including phenoxy) is 1. The van der Waals surface area contributed by atoms with Gasteiger partial charge in [0.1, 0.15) is 11.4 Å². The van der Waals surface area contributed by atoms with E-state index in [2.05, 4.69) is 5.32 Å². The number of anilines is 1. The first-order valence-corrected chi connectivity index (χ1v) is 8.54. The van der Waals surface area contributed by atoms with Crippen LogP contribution in [0.1, 0.15) is 20.8 Å². The first-order chi connectivity index (χ1) is 9.99. The van der Waals surface area contributed by atoms with Crippen molar-refractivity contribution in [1.82, 2.24) is 5.32 Å². The summed E-state index contributed by atoms with van der Waals surface area (Å²) in [4.78, 5) is 11.5. The van der Waals surface area contributed by atoms with Crippen LogP contribution in [-0.2, 0) is 14.8 Å². The molecule has 0 fully saturated rings. The lowest BCUT2D eigenvalue weighted by Crippen LogP contribution is -2.40. The summed E-state index contributed by atoms with van der Waals surface area (Å²) in [5.41, 5.74) is -0.433. The third-order valence-corrected chi connectivity index (χ3v) is 3.67. The quantitative estimate of drug-likeness (QED) is 0.896. The van der Waals surface area contributed by atoms with Gasteiger partial charge < -0.3 is 10.1 Å². The second kappa shape index (κ2) is 6.95. The van der Waals surface area contributed by atoms with Gasteiger partial charge in [-0.05, 0) is 39.0 Å². The zero-order valence-corrected chi connectivity index (χ0v) is 13.9. The number of sulfonamides is 1. The smallest absolute Gasteiger partial charge is 0.407 e. The fraction of sp³-hybridized carbons (Fsp3) is 0.500. The van der Waals surface area contributed by atoms with Crippen molar-refractivity contribution in [2.75, 3.05) is 23.7 Å². The van der Waals surface area contributed by atoms with Crippen molar-refractivity contribution in [3.05, 3.63) is 30.1 Å². The number of carbonyl (C=O) groups is 1. The fourth-order valence-electron chi connectivity index (χ4n) is 1.69. The zero-order valence-electron chi connectivity index (χ0n) is 13.1. The van der Waals surface area contributed by atoms with Crippen molar-refractivity contribution in [3.63, 3.8) is 0 Å². The Kier molecular flexibility index (Phi) is 5.76. The van der Waals surface area contributed by atoms with Gasteiger partial charge in [0.15, 0.2) is 0 Å². The normalized spacial score (nSPS) is 11.9. The van der Waals surface area contributed by atoms with Crippen LogP contribution in [0.2, 0.25) is 0 Å². The first-order valence-electron chi connectivity index (χ1n) is 6.69. The molecule has 0 saturated heterocycles. The molecule has 8 heteroatoms. The average Bonchev–Trinajstić information content (AvgIpc) is 2.30. The predicted octanol–water partition coefficient (Wildman–Crippen LogP) is 2.12. The number of hydrogen-bond acceptors (Lipinski definition) is 4. The highest BCUT2D eigenvalue weighted by Crippen LogP contribution is 2.18. The van der Waals surface area contributed by atoms with Gasteiger partial charge in [0.05, 0.1) is 18.5 Å². The minimum atomic E-state index is -3.59. The average molecular weight is 332 g/mol. The Morgan fingerprint density at radius 2 is 2.00 bits per heavy atom. The molecule has 0 aliphatic heterocycles. The van der Waals surface area contributed by atoms with Gasteiger partial charge in [0, 0.05) is 6.54 Å². The van der Waals surface area contributed by atoms with Crippen molar-refractivity contribution in [3.8, 4) is 0 Å². The van der Waals surface area contributed by atoms with E-state index in [1.807, 2.05) is 0 Å². The molecule has 22 heavy (non-hydrogen) atoms. The monoisotopic (exact) mass is 332 g/mol. The molecule has 1 aromatic rings. The molecule has 0 aromatic heterocycles. The van der Waals surface area contributed by atoms with E-state index in [1.165, 1.54) is 18.2 Å². The molecule has 0 aliphatic rings. The van der Waals surface area contributed by atoms with E-state index in [0.29, 0.717) is 0 Å². The van der Waals surface area contributed by atoms with Crippen molar-refractivity contribution in [2.45, 2.75) is 26.4 Å². The molecule has 0 radical (unpaired) electrons. The molecule has 0 unspecified atom stereocenters. The van der Waals surface area contributed by atoms with Crippen LogP contribution in [0.4, 0.5) is 14.9 Å². The first kappa shape index (κ1) is 18.2. The molecule has 6 nitrogen and oxygen atoms in total. The lowest BCUT2D eigenvalue weighted by Gasteiger charge is -2.23. The van der Waals surface area contributed by atoms with Crippen LogP contribution in [0.15, 0.2) is 24.3 Å². The third-order valence-electron chi connectivity index (χ3n) is 2.48. The third kappa shape index (κ3) is 6.30. The molecular weight excluding hydrogens is 311 g/mol. The lowest BCUT2D eigenvalue weighted by atomic mass is 10.2. The number of nitrogens with zero attached hydrogens (tertiary/aromatic N) is 1. The van der Waals surface area contributed by atoms with E-state index in [-0.39, 0.29) is 18.8 Å². The van der Waals surface area contributed by atoms with Crippen molar-refractivity contribution in [1.29, 1.82) is 0 Å². The van der Waals surface area contributed by atoms with Crippen molar-refractivity contribution >= 4 is 21.8 Å². The van der Waals surface area contributed by atoms with Crippen LogP contribution >= 0.6 is 0 Å². The molecule has 124 valence electrons. The highest BCUT2D eigenvalue weighted by Gasteiger charge is 2.19. The Balaban J connectivity index is 2.71. The van der Waals surface area contributed by atoms with Gasteiger partial charge in [0.2, 0.25) is 10.0 Å². The molecule has 0 atom stereocenters. The fourth-order valence-corrected chi connectivity index (χ4v) is 2.61. The summed E-state index contributed by atoms with van der Waals surface area (Å²) in [7, 11) is -3.59. The maximum absolute atomic E-state index is 13.2. The van der Waals surface area contributed by atoms with Crippen molar-refractivity contribution < 1.29 is 22.3 Å². The number of carbonyl (C=O) groups excluding carboxylic acids is 1. The van der Waals surface area contributed by atoms with Gasteiger partial charge in [-0.15, -0.1) is 0 Å².